The van der Waals surface area contributed by atoms with Gasteiger partial charge < -0.3 is 9.84 Å². The van der Waals surface area contributed by atoms with Crippen LogP contribution in [0.4, 0.5) is 0 Å². The van der Waals surface area contributed by atoms with Crippen molar-refractivity contribution in [3.8, 4) is 28.4 Å². The van der Waals surface area contributed by atoms with E-state index >= 15 is 0 Å². The highest BCUT2D eigenvalue weighted by Gasteiger charge is 2.48. The molecule has 0 unspecified atom stereocenters. The molecule has 0 bridgehead atoms. The molecule has 1 aliphatic heterocycles. The van der Waals surface area contributed by atoms with Gasteiger partial charge in [-0.25, -0.2) is 0 Å². The number of benzene rings is 10. The monoisotopic (exact) mass is 800 g/mol. The molecule has 0 amide bonds. The molecular weight excluding hydrogens is 761 g/mol. The van der Waals surface area contributed by atoms with Gasteiger partial charge in [0.1, 0.15) is 17.2 Å². The molecule has 1 aliphatic rings. The fourth-order valence-electron chi connectivity index (χ4n) is 10.2. The Morgan fingerprint density at radius 2 is 0.700 bits per heavy atom. The molecule has 0 aromatic heterocycles. The van der Waals surface area contributed by atoms with Crippen molar-refractivity contribution in [1.29, 1.82) is 0 Å². The van der Waals surface area contributed by atoms with Crippen LogP contribution in [-0.2, 0) is 0 Å². The molecule has 2 nitrogen and oxygen atoms in total. The summed E-state index contributed by atoms with van der Waals surface area (Å²) in [5, 5.41) is 27.3. The van der Waals surface area contributed by atoms with Gasteiger partial charge in [-0.05, 0) is 63.7 Å². The van der Waals surface area contributed by atoms with Gasteiger partial charge in [-0.1, -0.05) is 231 Å². The van der Waals surface area contributed by atoms with E-state index in [9.17, 15) is 5.11 Å². The lowest BCUT2D eigenvalue weighted by Gasteiger charge is -2.38. The summed E-state index contributed by atoms with van der Waals surface area (Å²) in [6.07, 6.45) is 0. The molecule has 60 heavy (non-hydrogen) atoms. The fourth-order valence-corrected chi connectivity index (χ4v) is 19.9. The van der Waals surface area contributed by atoms with Crippen LogP contribution in [0.5, 0.6) is 17.2 Å². The van der Waals surface area contributed by atoms with Gasteiger partial charge in [0, 0.05) is 16.5 Å². The third-order valence-electron chi connectivity index (χ3n) is 12.6. The Morgan fingerprint density at radius 1 is 0.333 bits per heavy atom. The van der Waals surface area contributed by atoms with Gasteiger partial charge in [-0.2, -0.15) is 0 Å². The van der Waals surface area contributed by atoms with E-state index in [4.69, 9.17) is 4.74 Å². The Labute approximate surface area is 352 Å². The Kier molecular flexibility index (Phi) is 8.70. The van der Waals surface area contributed by atoms with E-state index in [0.29, 0.717) is 5.75 Å². The van der Waals surface area contributed by atoms with Gasteiger partial charge in [0.15, 0.2) is 16.1 Å². The maximum atomic E-state index is 13.7. The van der Waals surface area contributed by atoms with Crippen LogP contribution in [-0.4, -0.2) is 21.3 Å². The zero-order valence-electron chi connectivity index (χ0n) is 32.9. The van der Waals surface area contributed by atoms with Crippen LogP contribution < -0.4 is 46.2 Å². The summed E-state index contributed by atoms with van der Waals surface area (Å²) < 4.78 is 7.43. The van der Waals surface area contributed by atoms with Crippen molar-refractivity contribution in [2.24, 2.45) is 0 Å². The van der Waals surface area contributed by atoms with Gasteiger partial charge in [0.2, 0.25) is 0 Å². The second-order valence-electron chi connectivity index (χ2n) is 15.6. The van der Waals surface area contributed by atoms with Gasteiger partial charge in [0.25, 0.3) is 0 Å². The highest BCUT2D eigenvalue weighted by molar-refractivity contribution is 7.21. The molecule has 11 rings (SSSR count). The van der Waals surface area contributed by atoms with E-state index in [0.717, 1.165) is 54.5 Å². The van der Waals surface area contributed by atoms with Crippen molar-refractivity contribution in [2.45, 2.75) is 0 Å². The lowest BCUT2D eigenvalue weighted by atomic mass is 9.90. The highest BCUT2D eigenvalue weighted by Crippen LogP contribution is 2.52. The topological polar surface area (TPSA) is 29.5 Å². The average Bonchev–Trinajstić information content (AvgIpc) is 3.33. The summed E-state index contributed by atoms with van der Waals surface area (Å²) >= 11 is 0. The zero-order valence-corrected chi connectivity index (χ0v) is 34.9. The van der Waals surface area contributed by atoms with E-state index in [1.54, 1.807) is 0 Å². The molecule has 0 aliphatic carbocycles. The van der Waals surface area contributed by atoms with Crippen LogP contribution in [0, 0.1) is 0 Å². The average molecular weight is 801 g/mol. The largest absolute Gasteiger partial charge is 0.507 e. The van der Waals surface area contributed by atoms with Crippen LogP contribution >= 0.6 is 0 Å². The van der Waals surface area contributed by atoms with Gasteiger partial charge >= 0.3 is 0 Å². The van der Waals surface area contributed by atoms with Crippen molar-refractivity contribution in [1.82, 2.24) is 0 Å². The van der Waals surface area contributed by atoms with E-state index < -0.39 is 16.1 Å². The number of phenols is 1. The number of aromatic hydroxyl groups is 1. The fraction of sp³-hybridized carbons (Fsp3) is 0. The quantitative estimate of drug-likeness (QED) is 0.124. The molecule has 0 atom stereocenters. The maximum absolute atomic E-state index is 13.7. The second kappa shape index (κ2) is 14.5. The summed E-state index contributed by atoms with van der Waals surface area (Å²) in [4.78, 5) is 0. The van der Waals surface area contributed by atoms with Gasteiger partial charge in [0.05, 0.1) is 0 Å². The number of rotatable bonds is 8. The van der Waals surface area contributed by atoms with Crippen LogP contribution in [0.2, 0.25) is 0 Å². The van der Waals surface area contributed by atoms with Crippen molar-refractivity contribution in [3.63, 3.8) is 0 Å². The molecule has 0 radical (unpaired) electrons. The third kappa shape index (κ3) is 5.31. The molecule has 0 saturated heterocycles. The minimum atomic E-state index is -3.18. The van der Waals surface area contributed by atoms with Gasteiger partial charge in [-0.15, -0.1) is 0 Å². The van der Waals surface area contributed by atoms with Crippen LogP contribution in [0.15, 0.2) is 237 Å². The van der Waals surface area contributed by atoms with Crippen molar-refractivity contribution in [3.05, 3.63) is 237 Å². The number of fused-ring (bicyclic) bond motifs is 4. The molecule has 0 saturated carbocycles. The molecular formula is C56H40O2Si2. The molecule has 4 heteroatoms. The first-order valence-corrected chi connectivity index (χ1v) is 24.6. The highest BCUT2D eigenvalue weighted by atomic mass is 28.3. The van der Waals surface area contributed by atoms with E-state index in [1.165, 1.54) is 31.1 Å². The second-order valence-corrected chi connectivity index (χ2v) is 23.2. The van der Waals surface area contributed by atoms with E-state index in [-0.39, 0.29) is 0 Å². The first-order valence-electron chi connectivity index (χ1n) is 20.6. The lowest BCUT2D eigenvalue weighted by molar-refractivity contribution is 0.473. The molecule has 10 aromatic carbocycles. The predicted molar refractivity (Wildman–Crippen MR) is 256 cm³/mol. The molecule has 284 valence electrons. The zero-order chi connectivity index (χ0) is 40.1. The molecule has 0 spiro atoms. The van der Waals surface area contributed by atoms with Crippen LogP contribution in [0.25, 0.3) is 32.7 Å². The number of phenolic OH excluding ortho intramolecular Hbond substituents is 1. The normalized spacial score (nSPS) is 12.2. The lowest BCUT2D eigenvalue weighted by Crippen LogP contribution is -2.75. The Morgan fingerprint density at radius 3 is 1.15 bits per heavy atom. The van der Waals surface area contributed by atoms with Crippen LogP contribution in [0.3, 0.4) is 0 Å². The SMILES string of the molecule is Oc1c([Si](c2ccccc2)(c2ccccc2)c2ccccc2)cc2cccc3c2c1-c1c(c([Si](c2ccccc2)(c2ccccc2)c2ccccc2)cc2ccccc12)O3. The summed E-state index contributed by atoms with van der Waals surface area (Å²) in [7, 11) is -6.31. The molecule has 1 N–H and O–H groups in total. The summed E-state index contributed by atoms with van der Waals surface area (Å²) in [5.74, 6) is 1.85. The van der Waals surface area contributed by atoms with Crippen molar-refractivity contribution >= 4 is 79.2 Å². The minimum absolute atomic E-state index is 0.302. The first kappa shape index (κ1) is 35.9. The van der Waals surface area contributed by atoms with Gasteiger partial charge in [-0.3, -0.25) is 0 Å². The smallest absolute Gasteiger partial charge is 0.184 e. The Hall–Kier alpha value is -7.25. The first-order chi connectivity index (χ1) is 29.7. The van der Waals surface area contributed by atoms with E-state index in [1.807, 2.05) is 0 Å². The standard InChI is InChI=1S/C56H40O2Si2/c57-55-50(59(42-24-7-1-8-25-42,43-26-9-2-10-27-43)44-28-11-3-12-29-44)39-41-23-21-37-49-52(41)54(55)53-48-36-20-19-22-40(48)38-51(56(53)58-49)60(45-30-13-4-14-31-45,46-32-15-5-16-33-46)47-34-17-6-18-35-47/h1-39,57H. The van der Waals surface area contributed by atoms with Crippen molar-refractivity contribution < 1.29 is 9.84 Å². The molecule has 1 heterocycles. The molecule has 10 aromatic rings. The van der Waals surface area contributed by atoms with Crippen molar-refractivity contribution in [2.75, 3.05) is 0 Å². The third-order valence-corrected chi connectivity index (χ3v) is 22.2. The van der Waals surface area contributed by atoms with Crippen LogP contribution in [0.1, 0.15) is 0 Å². The number of ether oxygens (including phenoxy) is 1. The van der Waals surface area contributed by atoms with E-state index in [2.05, 4.69) is 237 Å². The Bertz CT molecular complexity index is 2960. The number of hydrogen-bond acceptors (Lipinski definition) is 2. The Balaban J connectivity index is 1.34. The summed E-state index contributed by atoms with van der Waals surface area (Å²) in [5.41, 5.74) is 1.76. The summed E-state index contributed by atoms with van der Waals surface area (Å²) in [6, 6.07) is 85.2. The predicted octanol–water partition coefficient (Wildman–Crippen LogP) is 8.23. The summed E-state index contributed by atoms with van der Waals surface area (Å²) in [6.45, 7) is 0. The maximum Gasteiger partial charge on any atom is 0.184 e. The number of hydrogen-bond donors (Lipinski definition) is 1. The molecule has 0 fully saturated rings. The minimum Gasteiger partial charge on any atom is -0.507 e.